The summed E-state index contributed by atoms with van der Waals surface area (Å²) in [7, 11) is 0. The first-order valence-corrected chi connectivity index (χ1v) is 6.89. The van der Waals surface area contributed by atoms with E-state index >= 15 is 0 Å². The van der Waals surface area contributed by atoms with Gasteiger partial charge >= 0.3 is 0 Å². The highest BCUT2D eigenvalue weighted by Gasteiger charge is 2.37. The van der Waals surface area contributed by atoms with Crippen molar-refractivity contribution in [2.75, 3.05) is 0 Å². The summed E-state index contributed by atoms with van der Waals surface area (Å²) in [5.74, 6) is -0.960. The third-order valence-corrected chi connectivity index (χ3v) is 3.69. The van der Waals surface area contributed by atoms with E-state index in [9.17, 15) is 14.4 Å². The molecule has 0 atom stereocenters. The molecule has 2 heterocycles. The van der Waals surface area contributed by atoms with E-state index in [0.29, 0.717) is 10.9 Å². The molecule has 110 valence electrons. The number of carbonyl (C=O) groups is 3. The van der Waals surface area contributed by atoms with E-state index in [1.165, 1.54) is 6.26 Å². The fraction of sp³-hybridized carbons (Fsp3) is 0.200. The van der Waals surface area contributed by atoms with Gasteiger partial charge < -0.3 is 4.42 Å². The summed E-state index contributed by atoms with van der Waals surface area (Å²) >= 11 is 0. The molecule has 0 bridgehead atoms. The van der Waals surface area contributed by atoms with Crippen LogP contribution in [0, 0.1) is 0 Å². The summed E-state index contributed by atoms with van der Waals surface area (Å²) in [5, 5.41) is 0.707. The van der Waals surface area contributed by atoms with Gasteiger partial charge in [-0.1, -0.05) is 12.1 Å². The number of nitrogens with zero attached hydrogens (tertiary/aromatic N) is 2. The Hall–Kier alpha value is -2.96. The summed E-state index contributed by atoms with van der Waals surface area (Å²) in [6, 6.07) is 6.41. The number of oxazole rings is 1. The fourth-order valence-corrected chi connectivity index (χ4v) is 2.36. The molecule has 2 aromatic rings. The second-order valence-corrected chi connectivity index (χ2v) is 5.28. The highest BCUT2D eigenvalue weighted by atomic mass is 16.3. The van der Waals surface area contributed by atoms with Gasteiger partial charge in [0.15, 0.2) is 11.6 Å². The third-order valence-electron chi connectivity index (χ3n) is 3.69. The Morgan fingerprint density at radius 3 is 2.41 bits per heavy atom. The van der Waals surface area contributed by atoms with Gasteiger partial charge in [-0.15, -0.1) is 0 Å². The summed E-state index contributed by atoms with van der Waals surface area (Å²) in [5.41, 5.74) is 2.88. The van der Waals surface area contributed by atoms with Gasteiger partial charge in [-0.25, -0.2) is 4.98 Å². The van der Waals surface area contributed by atoms with Crippen LogP contribution in [0.1, 0.15) is 55.9 Å². The normalized spacial score (nSPS) is 16.8. The Morgan fingerprint density at radius 1 is 1.18 bits per heavy atom. The molecule has 1 aliphatic heterocycles. The van der Waals surface area contributed by atoms with Crippen molar-refractivity contribution >= 4 is 17.7 Å². The van der Waals surface area contributed by atoms with Gasteiger partial charge in [0.05, 0.1) is 11.1 Å². The van der Waals surface area contributed by atoms with Crippen LogP contribution in [0.2, 0.25) is 0 Å². The van der Waals surface area contributed by atoms with Crippen molar-refractivity contribution in [3.8, 4) is 0 Å². The molecule has 1 aromatic heterocycles. The molecule has 3 amide bonds. The predicted octanol–water partition coefficient (Wildman–Crippen LogP) is 1.49. The molecule has 0 saturated heterocycles. The Labute approximate surface area is 124 Å². The second kappa shape index (κ2) is 4.52. The number of benzene rings is 1. The Kier molecular flexibility index (Phi) is 2.62. The van der Waals surface area contributed by atoms with E-state index in [4.69, 9.17) is 4.42 Å². The minimum Gasteiger partial charge on any atom is -0.448 e. The molecule has 0 spiro atoms. The maximum Gasteiger partial charge on any atom is 0.292 e. The number of amides is 3. The molecule has 1 fully saturated rings. The first-order valence-electron chi connectivity index (χ1n) is 6.89. The van der Waals surface area contributed by atoms with Crippen molar-refractivity contribution in [3.05, 3.63) is 53.2 Å². The maximum absolute atomic E-state index is 12.1. The molecule has 0 unspecified atom stereocenters. The average Bonchev–Trinajstić information content (AvgIpc) is 3.22. The topological polar surface area (TPSA) is 92.5 Å². The number of imide groups is 1. The minimum atomic E-state index is -0.648. The van der Waals surface area contributed by atoms with Crippen LogP contribution in [0.25, 0.3) is 0 Å². The number of aromatic nitrogens is 1. The quantitative estimate of drug-likeness (QED) is 0.866. The molecule has 1 N–H and O–H groups in total. The van der Waals surface area contributed by atoms with E-state index < -0.39 is 17.7 Å². The van der Waals surface area contributed by atoms with Crippen LogP contribution in [0.3, 0.4) is 0 Å². The summed E-state index contributed by atoms with van der Waals surface area (Å²) in [4.78, 5) is 40.5. The van der Waals surface area contributed by atoms with Gasteiger partial charge in [-0.05, 0) is 25.0 Å². The van der Waals surface area contributed by atoms with E-state index in [-0.39, 0.29) is 22.7 Å². The van der Waals surface area contributed by atoms with E-state index in [1.54, 1.807) is 24.3 Å². The highest BCUT2D eigenvalue weighted by Crippen LogP contribution is 2.39. The van der Waals surface area contributed by atoms with Crippen molar-refractivity contribution < 1.29 is 18.8 Å². The molecular formula is C15H11N3O4. The molecule has 1 saturated carbocycles. The van der Waals surface area contributed by atoms with E-state index in [2.05, 4.69) is 10.4 Å². The standard InChI is InChI=1S/C15H11N3O4/c19-12(11-7-22-13(16-11)8-5-6-8)17-18-14(20)9-3-1-2-4-10(9)15(18)21/h1-4,7-8H,5-6H2,(H,17,19). The van der Waals surface area contributed by atoms with Gasteiger partial charge in [-0.3, -0.25) is 19.8 Å². The molecule has 22 heavy (non-hydrogen) atoms. The number of fused-ring (bicyclic) bond motifs is 1. The molecule has 7 heteroatoms. The average molecular weight is 297 g/mol. The molecule has 4 rings (SSSR count). The zero-order valence-electron chi connectivity index (χ0n) is 11.4. The van der Waals surface area contributed by atoms with Gasteiger partial charge in [0.1, 0.15) is 6.26 Å². The molecule has 2 aliphatic rings. The van der Waals surface area contributed by atoms with Crippen molar-refractivity contribution in [1.82, 2.24) is 15.4 Å². The first kappa shape index (κ1) is 12.8. The Balaban J connectivity index is 1.55. The van der Waals surface area contributed by atoms with Crippen molar-refractivity contribution in [1.29, 1.82) is 0 Å². The Morgan fingerprint density at radius 2 is 1.82 bits per heavy atom. The zero-order valence-corrected chi connectivity index (χ0v) is 11.4. The number of nitrogens with one attached hydrogen (secondary N) is 1. The van der Waals surface area contributed by atoms with Gasteiger partial charge in [0, 0.05) is 5.92 Å². The third kappa shape index (κ3) is 1.90. The minimum absolute atomic E-state index is 0.0541. The van der Waals surface area contributed by atoms with Crippen molar-refractivity contribution in [2.45, 2.75) is 18.8 Å². The van der Waals surface area contributed by atoms with Crippen LogP contribution < -0.4 is 5.43 Å². The van der Waals surface area contributed by atoms with Crippen molar-refractivity contribution in [3.63, 3.8) is 0 Å². The lowest BCUT2D eigenvalue weighted by molar-refractivity contribution is 0.0516. The number of hydrogen-bond acceptors (Lipinski definition) is 5. The highest BCUT2D eigenvalue weighted by molar-refractivity contribution is 6.22. The van der Waals surface area contributed by atoms with Crippen LogP contribution in [0.15, 0.2) is 34.9 Å². The monoisotopic (exact) mass is 297 g/mol. The van der Waals surface area contributed by atoms with Crippen LogP contribution >= 0.6 is 0 Å². The van der Waals surface area contributed by atoms with Crippen LogP contribution in [-0.4, -0.2) is 27.7 Å². The SMILES string of the molecule is O=C(NN1C(=O)c2ccccc2C1=O)c1coc(C2CC2)n1. The number of carbonyl (C=O) groups excluding carboxylic acids is 3. The van der Waals surface area contributed by atoms with Gasteiger partial charge in [0.25, 0.3) is 17.7 Å². The lowest BCUT2D eigenvalue weighted by atomic mass is 10.1. The van der Waals surface area contributed by atoms with E-state index in [1.807, 2.05) is 0 Å². The Bertz CT molecular complexity index is 772. The van der Waals surface area contributed by atoms with Gasteiger partial charge in [-0.2, -0.15) is 5.01 Å². The van der Waals surface area contributed by atoms with Crippen molar-refractivity contribution in [2.24, 2.45) is 0 Å². The van der Waals surface area contributed by atoms with Crippen LogP contribution in [0.4, 0.5) is 0 Å². The van der Waals surface area contributed by atoms with Gasteiger partial charge in [0.2, 0.25) is 0 Å². The molecule has 1 aromatic carbocycles. The predicted molar refractivity (Wildman–Crippen MR) is 72.9 cm³/mol. The number of hydrazine groups is 1. The smallest absolute Gasteiger partial charge is 0.292 e. The summed E-state index contributed by atoms with van der Waals surface area (Å²) < 4.78 is 5.23. The molecule has 0 radical (unpaired) electrons. The second-order valence-electron chi connectivity index (χ2n) is 5.28. The molecule has 7 nitrogen and oxygen atoms in total. The largest absolute Gasteiger partial charge is 0.448 e. The first-order chi connectivity index (χ1) is 10.6. The number of rotatable bonds is 3. The van der Waals surface area contributed by atoms with E-state index in [0.717, 1.165) is 12.8 Å². The lowest BCUT2D eigenvalue weighted by Crippen LogP contribution is -2.46. The fourth-order valence-electron chi connectivity index (χ4n) is 2.36. The van der Waals surface area contributed by atoms with Crippen LogP contribution in [-0.2, 0) is 0 Å². The van der Waals surface area contributed by atoms with Crippen LogP contribution in [0.5, 0.6) is 0 Å². The molecule has 1 aliphatic carbocycles. The molecular weight excluding hydrogens is 286 g/mol. The summed E-state index contributed by atoms with van der Waals surface area (Å²) in [6.07, 6.45) is 3.24. The summed E-state index contributed by atoms with van der Waals surface area (Å²) in [6.45, 7) is 0. The number of hydrogen-bond donors (Lipinski definition) is 1. The lowest BCUT2D eigenvalue weighted by Gasteiger charge is -2.13. The maximum atomic E-state index is 12.1. The zero-order chi connectivity index (χ0) is 15.3.